The molecule has 0 aliphatic heterocycles. The topological polar surface area (TPSA) is 102 Å². The van der Waals surface area contributed by atoms with E-state index in [0.29, 0.717) is 19.6 Å². The third-order valence-corrected chi connectivity index (χ3v) is 1.99. The second-order valence-electron chi connectivity index (χ2n) is 3.58. The smallest absolute Gasteiger partial charge is 0.330 e. The number of rotatable bonds is 11. The van der Waals surface area contributed by atoms with Gasteiger partial charge in [-0.2, -0.15) is 0 Å². The molecule has 0 rings (SSSR count). The number of carbonyl (C=O) groups is 3. The summed E-state index contributed by atoms with van der Waals surface area (Å²) >= 11 is 0. The van der Waals surface area contributed by atoms with E-state index in [1.165, 1.54) is 0 Å². The van der Waals surface area contributed by atoms with Crippen molar-refractivity contribution >= 4 is 17.8 Å². The third-order valence-electron chi connectivity index (χ3n) is 1.99. The Morgan fingerprint density at radius 1 is 1.16 bits per heavy atom. The molecule has 0 aromatic carbocycles. The summed E-state index contributed by atoms with van der Waals surface area (Å²) in [6.45, 7) is 4.54. The van der Waals surface area contributed by atoms with E-state index >= 15 is 0 Å². The number of esters is 1. The van der Waals surface area contributed by atoms with Crippen molar-refractivity contribution in [1.82, 2.24) is 5.32 Å². The van der Waals surface area contributed by atoms with Gasteiger partial charge in [0, 0.05) is 25.6 Å². The first-order chi connectivity index (χ1) is 9.06. The number of hydrogen-bond acceptors (Lipinski definition) is 5. The molecule has 0 saturated heterocycles. The Bertz CT molecular complexity index is 315. The van der Waals surface area contributed by atoms with Gasteiger partial charge in [-0.1, -0.05) is 6.58 Å². The highest BCUT2D eigenvalue weighted by molar-refractivity contribution is 5.81. The number of hydrogen-bond donors (Lipinski definition) is 2. The fraction of sp³-hybridized carbons (Fsp3) is 0.583. The monoisotopic (exact) mass is 273 g/mol. The fourth-order valence-electron chi connectivity index (χ4n) is 1.07. The van der Waals surface area contributed by atoms with E-state index in [4.69, 9.17) is 9.84 Å². The minimum atomic E-state index is -0.993. The standard InChI is InChI=1S/C12H19NO6/c1-2-12(17)19-9-8-18-7-3-6-13-10(14)4-5-11(15)16/h2H,1,3-9H2,(H,13,14)(H,15,16). The number of carbonyl (C=O) groups excluding carboxylic acids is 2. The SMILES string of the molecule is C=CC(=O)OCCOCCCNC(=O)CCC(=O)O. The first kappa shape index (κ1) is 17.1. The van der Waals surface area contributed by atoms with Crippen molar-refractivity contribution in [3.8, 4) is 0 Å². The predicted molar refractivity (Wildman–Crippen MR) is 66.5 cm³/mol. The van der Waals surface area contributed by atoms with Gasteiger partial charge in [0.1, 0.15) is 6.61 Å². The summed E-state index contributed by atoms with van der Waals surface area (Å²) in [5, 5.41) is 10.9. The number of amides is 1. The number of carboxylic acids is 1. The Morgan fingerprint density at radius 2 is 1.89 bits per heavy atom. The number of aliphatic carboxylic acids is 1. The van der Waals surface area contributed by atoms with E-state index in [1.807, 2.05) is 0 Å². The summed E-state index contributed by atoms with van der Waals surface area (Å²) in [5.41, 5.74) is 0. The van der Waals surface area contributed by atoms with E-state index in [2.05, 4.69) is 16.6 Å². The molecular weight excluding hydrogens is 254 g/mol. The van der Waals surface area contributed by atoms with Crippen LogP contribution in [0.2, 0.25) is 0 Å². The zero-order valence-corrected chi connectivity index (χ0v) is 10.7. The van der Waals surface area contributed by atoms with Gasteiger partial charge >= 0.3 is 11.9 Å². The van der Waals surface area contributed by atoms with Crippen LogP contribution in [0.25, 0.3) is 0 Å². The van der Waals surface area contributed by atoms with Gasteiger partial charge in [0.05, 0.1) is 13.0 Å². The molecule has 0 aliphatic rings. The minimum Gasteiger partial charge on any atom is -0.481 e. The van der Waals surface area contributed by atoms with Crippen LogP contribution in [0.4, 0.5) is 0 Å². The van der Waals surface area contributed by atoms with Crippen molar-refractivity contribution < 1.29 is 29.0 Å². The molecule has 0 unspecified atom stereocenters. The first-order valence-electron chi connectivity index (χ1n) is 5.91. The van der Waals surface area contributed by atoms with E-state index in [1.54, 1.807) is 0 Å². The van der Waals surface area contributed by atoms with Crippen LogP contribution in [0.1, 0.15) is 19.3 Å². The van der Waals surface area contributed by atoms with Crippen molar-refractivity contribution in [2.45, 2.75) is 19.3 Å². The van der Waals surface area contributed by atoms with E-state index in [9.17, 15) is 14.4 Å². The van der Waals surface area contributed by atoms with Crippen LogP contribution in [0, 0.1) is 0 Å². The van der Waals surface area contributed by atoms with Gasteiger partial charge < -0.3 is 19.9 Å². The first-order valence-corrected chi connectivity index (χ1v) is 5.91. The molecule has 0 aromatic heterocycles. The zero-order chi connectivity index (χ0) is 14.5. The molecule has 0 spiro atoms. The third kappa shape index (κ3) is 12.4. The molecule has 2 N–H and O–H groups in total. The average Bonchev–Trinajstić information content (AvgIpc) is 2.38. The summed E-state index contributed by atoms with van der Waals surface area (Å²) in [5.74, 6) is -1.77. The highest BCUT2D eigenvalue weighted by Gasteiger charge is 2.04. The molecule has 0 aromatic rings. The van der Waals surface area contributed by atoms with Crippen molar-refractivity contribution in [3.05, 3.63) is 12.7 Å². The average molecular weight is 273 g/mol. The summed E-state index contributed by atoms with van der Waals surface area (Å²) < 4.78 is 9.83. The van der Waals surface area contributed by atoms with Crippen LogP contribution in [-0.2, 0) is 23.9 Å². The molecule has 0 heterocycles. The van der Waals surface area contributed by atoms with Gasteiger partial charge in [-0.25, -0.2) is 4.79 Å². The largest absolute Gasteiger partial charge is 0.481 e. The lowest BCUT2D eigenvalue weighted by Gasteiger charge is -2.06. The second kappa shape index (κ2) is 11.2. The maximum atomic E-state index is 11.1. The fourth-order valence-corrected chi connectivity index (χ4v) is 1.07. The Morgan fingerprint density at radius 3 is 2.53 bits per heavy atom. The van der Waals surface area contributed by atoms with E-state index < -0.39 is 11.9 Å². The summed E-state index contributed by atoms with van der Waals surface area (Å²) in [6, 6.07) is 0. The molecule has 0 bridgehead atoms. The molecule has 0 aliphatic carbocycles. The lowest BCUT2D eigenvalue weighted by atomic mass is 10.3. The molecule has 0 fully saturated rings. The van der Waals surface area contributed by atoms with Crippen molar-refractivity contribution in [2.75, 3.05) is 26.4 Å². The molecule has 19 heavy (non-hydrogen) atoms. The highest BCUT2D eigenvalue weighted by Crippen LogP contribution is 1.89. The van der Waals surface area contributed by atoms with Crippen LogP contribution < -0.4 is 5.32 Å². The molecule has 1 amide bonds. The van der Waals surface area contributed by atoms with Crippen LogP contribution in [0.3, 0.4) is 0 Å². The van der Waals surface area contributed by atoms with Crippen molar-refractivity contribution in [3.63, 3.8) is 0 Å². The maximum absolute atomic E-state index is 11.1. The minimum absolute atomic E-state index is 0.0201. The van der Waals surface area contributed by atoms with Crippen LogP contribution in [0.5, 0.6) is 0 Å². The Kier molecular flexibility index (Phi) is 10.1. The summed E-state index contributed by atoms with van der Waals surface area (Å²) in [6.07, 6.45) is 1.49. The van der Waals surface area contributed by atoms with Gasteiger partial charge in [0.25, 0.3) is 0 Å². The van der Waals surface area contributed by atoms with Crippen LogP contribution in [0.15, 0.2) is 12.7 Å². The van der Waals surface area contributed by atoms with Gasteiger partial charge in [-0.05, 0) is 6.42 Å². The molecule has 108 valence electrons. The normalized spacial score (nSPS) is 9.68. The Labute approximate surface area is 111 Å². The van der Waals surface area contributed by atoms with Gasteiger partial charge in [0.2, 0.25) is 5.91 Å². The van der Waals surface area contributed by atoms with Gasteiger partial charge in [0.15, 0.2) is 0 Å². The van der Waals surface area contributed by atoms with Gasteiger partial charge in [-0.3, -0.25) is 9.59 Å². The lowest BCUT2D eigenvalue weighted by Crippen LogP contribution is -2.25. The quantitative estimate of drug-likeness (QED) is 0.314. The molecule has 7 heteroatoms. The maximum Gasteiger partial charge on any atom is 0.330 e. The molecule has 7 nitrogen and oxygen atoms in total. The second-order valence-corrected chi connectivity index (χ2v) is 3.58. The number of nitrogens with one attached hydrogen (secondary N) is 1. The highest BCUT2D eigenvalue weighted by atomic mass is 16.6. The molecule has 0 atom stereocenters. The van der Waals surface area contributed by atoms with Crippen molar-refractivity contribution in [1.29, 1.82) is 0 Å². The lowest BCUT2D eigenvalue weighted by molar-refractivity contribution is -0.139. The Hall–Kier alpha value is -1.89. The number of ether oxygens (including phenoxy) is 2. The van der Waals surface area contributed by atoms with E-state index in [0.717, 1.165) is 6.08 Å². The molecular formula is C12H19NO6. The predicted octanol–water partition coefficient (Wildman–Crippen LogP) is 0.103. The van der Waals surface area contributed by atoms with Crippen LogP contribution in [-0.4, -0.2) is 49.3 Å². The molecule has 0 radical (unpaired) electrons. The van der Waals surface area contributed by atoms with Crippen LogP contribution >= 0.6 is 0 Å². The molecule has 0 saturated carbocycles. The Balaban J connectivity index is 3.26. The van der Waals surface area contributed by atoms with Gasteiger partial charge in [-0.15, -0.1) is 0 Å². The summed E-state index contributed by atoms with van der Waals surface area (Å²) in [7, 11) is 0. The summed E-state index contributed by atoms with van der Waals surface area (Å²) in [4.78, 5) is 32.0. The number of carboxylic acid groups (broad SMARTS) is 1. The van der Waals surface area contributed by atoms with E-state index in [-0.39, 0.29) is 32.0 Å². The zero-order valence-electron chi connectivity index (χ0n) is 10.7. The van der Waals surface area contributed by atoms with Crippen molar-refractivity contribution in [2.24, 2.45) is 0 Å².